The van der Waals surface area contributed by atoms with Gasteiger partial charge in [-0.3, -0.25) is 4.79 Å². The number of nitrogens with one attached hydrogen (secondary N) is 1. The molecule has 1 N–H and O–H groups in total. The van der Waals surface area contributed by atoms with Gasteiger partial charge in [-0.05, 0) is 30.2 Å². The van der Waals surface area contributed by atoms with Gasteiger partial charge in [-0.1, -0.05) is 35.9 Å². The summed E-state index contributed by atoms with van der Waals surface area (Å²) in [5.74, 6) is -1.61. The van der Waals surface area contributed by atoms with Crippen LogP contribution in [0.5, 0.6) is 0 Å². The molecule has 29 heavy (non-hydrogen) atoms. The van der Waals surface area contributed by atoms with E-state index in [-0.39, 0.29) is 11.7 Å². The minimum atomic E-state index is -0.688. The van der Waals surface area contributed by atoms with Crippen LogP contribution in [0.4, 0.5) is 14.7 Å². The summed E-state index contributed by atoms with van der Waals surface area (Å²) < 4.78 is 29.4. The number of aryl methyl sites for hydroxylation is 1. The van der Waals surface area contributed by atoms with Crippen LogP contribution in [0.2, 0.25) is 0 Å². The zero-order chi connectivity index (χ0) is 20.1. The highest BCUT2D eigenvalue weighted by molar-refractivity contribution is 5.88. The molecule has 7 heteroatoms. The lowest BCUT2D eigenvalue weighted by Gasteiger charge is -2.38. The third-order valence-corrected chi connectivity index (χ3v) is 5.59. The minimum Gasteiger partial charge on any atom is -0.328 e. The smallest absolute Gasteiger partial charge is 0.226 e. The predicted molar refractivity (Wildman–Crippen MR) is 103 cm³/mol. The Bertz CT molecular complexity index is 1130. The fraction of sp³-hybridized carbons (Fsp3) is 0.227. The summed E-state index contributed by atoms with van der Waals surface area (Å²) in [6, 6.07) is 10.7. The molecular formula is C22H18F2N4O. The first-order valence-electron chi connectivity index (χ1n) is 9.43. The highest BCUT2D eigenvalue weighted by Gasteiger charge is 2.43. The Balaban J connectivity index is 1.63. The summed E-state index contributed by atoms with van der Waals surface area (Å²) in [6.45, 7) is 2.01. The number of allylic oxidation sites excluding steroid dienone is 2. The number of carbonyl (C=O) groups is 1. The number of carbonyl (C=O) groups excluding carboxylic acids is 1. The molecule has 0 amide bonds. The Morgan fingerprint density at radius 2 is 1.90 bits per heavy atom. The molecule has 3 atom stereocenters. The Kier molecular flexibility index (Phi) is 4.04. The van der Waals surface area contributed by atoms with Gasteiger partial charge in [0.25, 0.3) is 0 Å². The average Bonchev–Trinajstić information content (AvgIpc) is 3.13. The van der Waals surface area contributed by atoms with E-state index in [0.717, 1.165) is 17.2 Å². The van der Waals surface area contributed by atoms with Crippen molar-refractivity contribution >= 4 is 11.7 Å². The van der Waals surface area contributed by atoms with E-state index >= 15 is 0 Å². The Morgan fingerprint density at radius 1 is 1.10 bits per heavy atom. The van der Waals surface area contributed by atoms with Crippen molar-refractivity contribution in [2.75, 3.05) is 5.32 Å². The van der Waals surface area contributed by atoms with E-state index in [9.17, 15) is 13.6 Å². The first-order valence-corrected chi connectivity index (χ1v) is 9.43. The van der Waals surface area contributed by atoms with Crippen molar-refractivity contribution < 1.29 is 13.6 Å². The van der Waals surface area contributed by atoms with E-state index in [1.807, 2.05) is 31.2 Å². The van der Waals surface area contributed by atoms with E-state index in [1.54, 1.807) is 0 Å². The maximum absolute atomic E-state index is 13.9. The van der Waals surface area contributed by atoms with E-state index in [1.165, 1.54) is 23.1 Å². The molecule has 0 radical (unpaired) electrons. The van der Waals surface area contributed by atoms with Crippen LogP contribution >= 0.6 is 0 Å². The van der Waals surface area contributed by atoms with Gasteiger partial charge in [0.15, 0.2) is 0 Å². The Labute approximate surface area is 166 Å². The summed E-state index contributed by atoms with van der Waals surface area (Å²) in [6.07, 6.45) is 3.71. The van der Waals surface area contributed by atoms with Crippen LogP contribution in [0.25, 0.3) is 0 Å². The van der Waals surface area contributed by atoms with Gasteiger partial charge in [0.1, 0.15) is 23.7 Å². The first kappa shape index (κ1) is 17.7. The molecule has 2 aliphatic rings. The Morgan fingerprint density at radius 3 is 2.66 bits per heavy atom. The number of Topliss-reactive ketones (excluding diaryl/α,β-unsaturated/α-hetero) is 1. The Hall–Kier alpha value is -3.35. The molecule has 5 rings (SSSR count). The number of rotatable bonds is 2. The highest BCUT2D eigenvalue weighted by Crippen LogP contribution is 2.44. The first-order chi connectivity index (χ1) is 14.0. The molecule has 3 aromatic rings. The molecule has 5 nitrogen and oxygen atoms in total. The number of halogens is 2. The molecule has 0 spiro atoms. The quantitative estimate of drug-likeness (QED) is 0.712. The number of fused-ring (bicyclic) bond motifs is 2. The van der Waals surface area contributed by atoms with Crippen LogP contribution in [0.3, 0.4) is 0 Å². The van der Waals surface area contributed by atoms with Crippen LogP contribution in [0, 0.1) is 24.5 Å². The van der Waals surface area contributed by atoms with Gasteiger partial charge < -0.3 is 5.32 Å². The number of ketones is 1. The third kappa shape index (κ3) is 3.03. The van der Waals surface area contributed by atoms with Crippen LogP contribution in [-0.4, -0.2) is 20.5 Å². The summed E-state index contributed by atoms with van der Waals surface area (Å²) in [5.41, 5.74) is 3.24. The summed E-state index contributed by atoms with van der Waals surface area (Å²) >= 11 is 0. The largest absolute Gasteiger partial charge is 0.328 e. The predicted octanol–water partition coefficient (Wildman–Crippen LogP) is 4.14. The van der Waals surface area contributed by atoms with Gasteiger partial charge in [-0.15, -0.1) is 0 Å². The normalized spacial score (nSPS) is 23.1. The standard InChI is InChI=1S/C22H18F2N4O/c1-12-3-2-4-13(5-12)14-8-18-20(19(29)9-14)21(28-22(27-18)25-11-26-28)15-6-16(23)10-17(24)7-15/h2-8,10-11,14,20-21H,9H2,1H3,(H,25,26,27)/t14-,20-,21-/m0/s1. The number of aromatic nitrogens is 3. The summed E-state index contributed by atoms with van der Waals surface area (Å²) in [4.78, 5) is 17.5. The van der Waals surface area contributed by atoms with Gasteiger partial charge >= 0.3 is 0 Å². The van der Waals surface area contributed by atoms with Crippen molar-refractivity contribution in [3.63, 3.8) is 0 Å². The monoisotopic (exact) mass is 392 g/mol. The SMILES string of the molecule is Cc1cccc([C@H]2C=C3Nc4ncnn4[C@@H](c4cc(F)cc(F)c4)[C@@H]3C(=O)C2)c1. The molecule has 0 saturated heterocycles. The number of hydrogen-bond acceptors (Lipinski definition) is 4. The zero-order valence-electron chi connectivity index (χ0n) is 15.6. The van der Waals surface area contributed by atoms with Crippen LogP contribution in [0.1, 0.15) is 35.1 Å². The van der Waals surface area contributed by atoms with Crippen LogP contribution < -0.4 is 5.32 Å². The number of nitrogens with zero attached hydrogens (tertiary/aromatic N) is 3. The minimum absolute atomic E-state index is 0.00248. The van der Waals surface area contributed by atoms with E-state index in [4.69, 9.17) is 0 Å². The molecule has 0 saturated carbocycles. The maximum atomic E-state index is 13.9. The van der Waals surface area contributed by atoms with E-state index in [0.29, 0.717) is 23.6 Å². The van der Waals surface area contributed by atoms with Crippen molar-refractivity contribution in [1.82, 2.24) is 14.8 Å². The average molecular weight is 392 g/mol. The summed E-state index contributed by atoms with van der Waals surface area (Å²) in [5, 5.41) is 7.40. The third-order valence-electron chi connectivity index (χ3n) is 5.59. The molecule has 1 aliphatic heterocycles. The lowest BCUT2D eigenvalue weighted by atomic mass is 9.75. The second-order valence-electron chi connectivity index (χ2n) is 7.59. The molecule has 2 heterocycles. The molecule has 0 unspecified atom stereocenters. The number of benzene rings is 2. The van der Waals surface area contributed by atoms with Gasteiger partial charge in [-0.25, -0.2) is 13.5 Å². The van der Waals surface area contributed by atoms with Gasteiger partial charge in [0.05, 0.1) is 12.0 Å². The number of hydrogen-bond donors (Lipinski definition) is 1. The molecule has 146 valence electrons. The molecule has 1 aliphatic carbocycles. The van der Waals surface area contributed by atoms with Gasteiger partial charge in [0, 0.05) is 24.1 Å². The van der Waals surface area contributed by atoms with Crippen molar-refractivity contribution in [2.45, 2.75) is 25.3 Å². The van der Waals surface area contributed by atoms with Gasteiger partial charge in [0.2, 0.25) is 5.95 Å². The zero-order valence-corrected chi connectivity index (χ0v) is 15.6. The van der Waals surface area contributed by atoms with Crippen molar-refractivity contribution in [1.29, 1.82) is 0 Å². The molecule has 2 aromatic carbocycles. The lowest BCUT2D eigenvalue weighted by Crippen LogP contribution is -2.40. The van der Waals surface area contributed by atoms with Gasteiger partial charge in [-0.2, -0.15) is 10.1 Å². The molecule has 1 aromatic heterocycles. The van der Waals surface area contributed by atoms with E-state index in [2.05, 4.69) is 21.5 Å². The number of anilines is 1. The van der Waals surface area contributed by atoms with Crippen molar-refractivity contribution in [3.05, 3.63) is 88.9 Å². The summed E-state index contributed by atoms with van der Waals surface area (Å²) in [7, 11) is 0. The van der Waals surface area contributed by atoms with Crippen LogP contribution in [-0.2, 0) is 4.79 Å². The lowest BCUT2D eigenvalue weighted by molar-refractivity contribution is -0.123. The molecule has 0 fully saturated rings. The van der Waals surface area contributed by atoms with Crippen molar-refractivity contribution in [3.8, 4) is 0 Å². The van der Waals surface area contributed by atoms with E-state index < -0.39 is 23.6 Å². The van der Waals surface area contributed by atoms with Crippen molar-refractivity contribution in [2.24, 2.45) is 5.92 Å². The topological polar surface area (TPSA) is 59.8 Å². The second kappa shape index (κ2) is 6.62. The molecule has 0 bridgehead atoms. The molecular weight excluding hydrogens is 374 g/mol. The van der Waals surface area contributed by atoms with Crippen LogP contribution in [0.15, 0.2) is 60.6 Å². The second-order valence-corrected chi connectivity index (χ2v) is 7.59. The highest BCUT2D eigenvalue weighted by atomic mass is 19.1. The fourth-order valence-electron chi connectivity index (χ4n) is 4.37. The fourth-order valence-corrected chi connectivity index (χ4v) is 4.37. The maximum Gasteiger partial charge on any atom is 0.226 e.